The van der Waals surface area contributed by atoms with Gasteiger partial charge in [0.25, 0.3) is 0 Å². The second-order valence-electron chi connectivity index (χ2n) is 5.30. The molecule has 110 valence electrons. The highest BCUT2D eigenvalue weighted by Gasteiger charge is 2.09. The topological polar surface area (TPSA) is 38.3 Å². The number of methoxy groups -OCH3 is 1. The fraction of sp³-hybridized carbons (Fsp3) is 0.278. The Morgan fingerprint density at radius 1 is 1.05 bits per heavy atom. The number of ether oxygens (including phenoxy) is 1. The van der Waals surface area contributed by atoms with Gasteiger partial charge in [0.15, 0.2) is 0 Å². The van der Waals surface area contributed by atoms with Crippen molar-refractivity contribution in [3.63, 3.8) is 0 Å². The number of hydrogen-bond donors (Lipinski definition) is 1. The van der Waals surface area contributed by atoms with Crippen LogP contribution < -0.4 is 10.1 Å². The number of carbonyl (C=O) groups excluding carboxylic acids is 1. The second kappa shape index (κ2) is 6.44. The van der Waals surface area contributed by atoms with Crippen LogP contribution in [0, 0.1) is 20.8 Å². The van der Waals surface area contributed by atoms with Crippen LogP contribution in [-0.4, -0.2) is 13.0 Å². The monoisotopic (exact) mass is 283 g/mol. The van der Waals surface area contributed by atoms with Crippen molar-refractivity contribution >= 4 is 11.6 Å². The van der Waals surface area contributed by atoms with E-state index in [1.807, 2.05) is 57.2 Å². The number of benzene rings is 2. The van der Waals surface area contributed by atoms with E-state index >= 15 is 0 Å². The number of rotatable bonds is 4. The van der Waals surface area contributed by atoms with Crippen LogP contribution in [0.4, 0.5) is 5.69 Å². The van der Waals surface area contributed by atoms with Crippen molar-refractivity contribution in [2.45, 2.75) is 27.2 Å². The molecule has 1 amide bonds. The molecule has 0 radical (unpaired) electrons. The number of nitrogens with one attached hydrogen (secondary N) is 1. The molecular formula is C18H21NO2. The van der Waals surface area contributed by atoms with Crippen LogP contribution in [0.15, 0.2) is 36.4 Å². The van der Waals surface area contributed by atoms with E-state index in [2.05, 4.69) is 5.32 Å². The molecule has 0 fully saturated rings. The van der Waals surface area contributed by atoms with Gasteiger partial charge in [-0.1, -0.05) is 30.3 Å². The van der Waals surface area contributed by atoms with Gasteiger partial charge < -0.3 is 10.1 Å². The Morgan fingerprint density at radius 3 is 2.33 bits per heavy atom. The molecule has 0 bridgehead atoms. The summed E-state index contributed by atoms with van der Waals surface area (Å²) >= 11 is 0. The maximum Gasteiger partial charge on any atom is 0.228 e. The Bertz CT molecular complexity index is 642. The number of hydrogen-bond acceptors (Lipinski definition) is 2. The van der Waals surface area contributed by atoms with Crippen molar-refractivity contribution in [2.75, 3.05) is 12.4 Å². The zero-order chi connectivity index (χ0) is 15.4. The van der Waals surface area contributed by atoms with E-state index in [9.17, 15) is 4.79 Å². The Balaban J connectivity index is 2.12. The van der Waals surface area contributed by atoms with Gasteiger partial charge in [-0.2, -0.15) is 0 Å². The van der Waals surface area contributed by atoms with Gasteiger partial charge in [0.05, 0.1) is 13.5 Å². The molecule has 0 aliphatic carbocycles. The van der Waals surface area contributed by atoms with E-state index in [4.69, 9.17) is 4.74 Å². The SMILES string of the molecule is COc1cc(CC(=O)Nc2c(C)cccc2C)ccc1C. The molecule has 0 spiro atoms. The molecule has 0 saturated carbocycles. The van der Waals surface area contributed by atoms with E-state index in [1.165, 1.54) is 0 Å². The van der Waals surface area contributed by atoms with Crippen molar-refractivity contribution in [3.05, 3.63) is 58.7 Å². The molecule has 2 aromatic rings. The molecular weight excluding hydrogens is 262 g/mol. The fourth-order valence-corrected chi connectivity index (χ4v) is 2.36. The lowest BCUT2D eigenvalue weighted by Gasteiger charge is -2.12. The van der Waals surface area contributed by atoms with Gasteiger partial charge in [0.2, 0.25) is 5.91 Å². The van der Waals surface area contributed by atoms with Crippen LogP contribution in [0.2, 0.25) is 0 Å². The zero-order valence-electron chi connectivity index (χ0n) is 13.0. The first-order valence-corrected chi connectivity index (χ1v) is 7.01. The smallest absolute Gasteiger partial charge is 0.228 e. The highest BCUT2D eigenvalue weighted by atomic mass is 16.5. The van der Waals surface area contributed by atoms with Crippen LogP contribution >= 0.6 is 0 Å². The molecule has 3 nitrogen and oxygen atoms in total. The Hall–Kier alpha value is -2.29. The quantitative estimate of drug-likeness (QED) is 0.926. The third kappa shape index (κ3) is 3.63. The summed E-state index contributed by atoms with van der Waals surface area (Å²) in [5.41, 5.74) is 5.06. The lowest BCUT2D eigenvalue weighted by atomic mass is 10.1. The molecule has 0 aromatic heterocycles. The van der Waals surface area contributed by atoms with Crippen molar-refractivity contribution < 1.29 is 9.53 Å². The van der Waals surface area contributed by atoms with Crippen LogP contribution in [0.25, 0.3) is 0 Å². The molecule has 3 heteroatoms. The lowest BCUT2D eigenvalue weighted by molar-refractivity contribution is -0.115. The van der Waals surface area contributed by atoms with E-state index in [0.29, 0.717) is 6.42 Å². The van der Waals surface area contributed by atoms with E-state index in [-0.39, 0.29) is 5.91 Å². The molecule has 2 rings (SSSR count). The van der Waals surface area contributed by atoms with Gasteiger partial charge in [-0.3, -0.25) is 4.79 Å². The third-order valence-electron chi connectivity index (χ3n) is 3.58. The number of carbonyl (C=O) groups is 1. The lowest BCUT2D eigenvalue weighted by Crippen LogP contribution is -2.16. The predicted molar refractivity (Wildman–Crippen MR) is 86.0 cm³/mol. The molecule has 0 atom stereocenters. The van der Waals surface area contributed by atoms with Crippen LogP contribution in [0.1, 0.15) is 22.3 Å². The minimum absolute atomic E-state index is 0.0155. The number of aryl methyl sites for hydroxylation is 3. The molecule has 0 unspecified atom stereocenters. The van der Waals surface area contributed by atoms with Crippen LogP contribution in [0.3, 0.4) is 0 Å². The van der Waals surface area contributed by atoms with Crippen molar-refractivity contribution in [3.8, 4) is 5.75 Å². The van der Waals surface area contributed by atoms with E-state index in [1.54, 1.807) is 7.11 Å². The summed E-state index contributed by atoms with van der Waals surface area (Å²) in [6, 6.07) is 11.8. The maximum absolute atomic E-state index is 12.2. The summed E-state index contributed by atoms with van der Waals surface area (Å²) in [6.07, 6.45) is 0.338. The molecule has 0 heterocycles. The van der Waals surface area contributed by atoms with Crippen LogP contribution in [-0.2, 0) is 11.2 Å². The van der Waals surface area contributed by atoms with Crippen molar-refractivity contribution in [1.82, 2.24) is 0 Å². The minimum atomic E-state index is -0.0155. The zero-order valence-corrected chi connectivity index (χ0v) is 13.0. The van der Waals surface area contributed by atoms with Gasteiger partial charge in [0, 0.05) is 5.69 Å². The van der Waals surface area contributed by atoms with Gasteiger partial charge in [-0.15, -0.1) is 0 Å². The Morgan fingerprint density at radius 2 is 1.71 bits per heavy atom. The first kappa shape index (κ1) is 15.1. The predicted octanol–water partition coefficient (Wildman–Crippen LogP) is 3.80. The summed E-state index contributed by atoms with van der Waals surface area (Å²) in [4.78, 5) is 12.2. The molecule has 2 aromatic carbocycles. The van der Waals surface area contributed by atoms with Crippen molar-refractivity contribution in [1.29, 1.82) is 0 Å². The summed E-state index contributed by atoms with van der Waals surface area (Å²) in [5.74, 6) is 0.797. The number of amides is 1. The van der Waals surface area contributed by atoms with Gasteiger partial charge in [0.1, 0.15) is 5.75 Å². The summed E-state index contributed by atoms with van der Waals surface area (Å²) in [7, 11) is 1.64. The average Bonchev–Trinajstić information content (AvgIpc) is 2.45. The molecule has 1 N–H and O–H groups in total. The highest BCUT2D eigenvalue weighted by molar-refractivity contribution is 5.93. The summed E-state index contributed by atoms with van der Waals surface area (Å²) in [6.45, 7) is 5.98. The van der Waals surface area contributed by atoms with Crippen LogP contribution in [0.5, 0.6) is 5.75 Å². The first-order valence-electron chi connectivity index (χ1n) is 7.01. The molecule has 21 heavy (non-hydrogen) atoms. The number of anilines is 1. The Labute approximate surface area is 126 Å². The summed E-state index contributed by atoms with van der Waals surface area (Å²) in [5, 5.41) is 3.00. The van der Waals surface area contributed by atoms with E-state index < -0.39 is 0 Å². The average molecular weight is 283 g/mol. The normalized spacial score (nSPS) is 10.3. The van der Waals surface area contributed by atoms with Crippen molar-refractivity contribution in [2.24, 2.45) is 0 Å². The largest absolute Gasteiger partial charge is 0.496 e. The molecule has 0 aliphatic heterocycles. The third-order valence-corrected chi connectivity index (χ3v) is 3.58. The van der Waals surface area contributed by atoms with Gasteiger partial charge in [-0.25, -0.2) is 0 Å². The first-order chi connectivity index (χ1) is 10.0. The standard InChI is InChI=1S/C18H21NO2/c1-12-8-9-15(10-16(12)21-4)11-17(20)19-18-13(2)6-5-7-14(18)3/h5-10H,11H2,1-4H3,(H,19,20). The Kier molecular flexibility index (Phi) is 4.63. The maximum atomic E-state index is 12.2. The minimum Gasteiger partial charge on any atom is -0.496 e. The molecule has 0 saturated heterocycles. The highest BCUT2D eigenvalue weighted by Crippen LogP contribution is 2.21. The van der Waals surface area contributed by atoms with Gasteiger partial charge in [-0.05, 0) is 49.1 Å². The number of para-hydroxylation sites is 1. The fourth-order valence-electron chi connectivity index (χ4n) is 2.36. The molecule has 0 aliphatic rings. The second-order valence-corrected chi connectivity index (χ2v) is 5.30. The van der Waals surface area contributed by atoms with Gasteiger partial charge >= 0.3 is 0 Å². The summed E-state index contributed by atoms with van der Waals surface area (Å²) < 4.78 is 5.29. The van der Waals surface area contributed by atoms with E-state index in [0.717, 1.165) is 33.7 Å².